The first-order valence-electron chi connectivity index (χ1n) is 14.0. The van der Waals surface area contributed by atoms with E-state index in [0.29, 0.717) is 22.3 Å². The van der Waals surface area contributed by atoms with Crippen molar-refractivity contribution in [3.8, 4) is 0 Å². The Labute approximate surface area is 255 Å². The summed E-state index contributed by atoms with van der Waals surface area (Å²) in [4.78, 5) is 24.5. The third-order valence-corrected chi connectivity index (χ3v) is 6.11. The molecule has 0 heterocycles. The van der Waals surface area contributed by atoms with Gasteiger partial charge in [0.15, 0.2) is 11.4 Å². The van der Waals surface area contributed by atoms with Crippen LogP contribution in [0.3, 0.4) is 0 Å². The molecule has 4 aromatic carbocycles. The van der Waals surface area contributed by atoms with Crippen LogP contribution in [0.25, 0.3) is 0 Å². The number of ether oxygens (including phenoxy) is 2. The van der Waals surface area contributed by atoms with Crippen molar-refractivity contribution in [3.05, 3.63) is 144 Å². The second kappa shape index (κ2) is 20.0. The largest absolute Gasteiger partial charge is 0.393 e. The fraction of sp³-hybridized carbons (Fsp3) is 0.278. The van der Waals surface area contributed by atoms with E-state index in [9.17, 15) is 24.9 Å². The summed E-state index contributed by atoms with van der Waals surface area (Å²) in [5.41, 5.74) is -1.49. The molecular formula is C36H44O7. The van der Waals surface area contributed by atoms with Gasteiger partial charge in [-0.3, -0.25) is 9.59 Å². The molecule has 0 aliphatic carbocycles. The molecule has 3 N–H and O–H groups in total. The standard InChI is InChI=1S/C15H14O3.C15H14O2.C4H10O.C2H6O/c16-11-15(18,13-9-5-2-6-10-13)14(17)12-7-3-1-4-8-12;1-15(17,13-10-6-3-7-11-13)14(16)12-8-4-2-5-9-12;1-3-5-4-2;1-3-2/h1-10,16,18H,11H2;2-11,17H,1H3;3-4H2,1-2H3;1-2H3. The van der Waals surface area contributed by atoms with Crippen molar-refractivity contribution >= 4 is 11.6 Å². The van der Waals surface area contributed by atoms with Crippen LogP contribution in [-0.2, 0) is 20.7 Å². The lowest BCUT2D eigenvalue weighted by Crippen LogP contribution is -2.39. The van der Waals surface area contributed by atoms with Crippen LogP contribution >= 0.6 is 0 Å². The van der Waals surface area contributed by atoms with E-state index in [0.717, 1.165) is 13.2 Å². The monoisotopic (exact) mass is 588 g/mol. The van der Waals surface area contributed by atoms with Gasteiger partial charge in [0.05, 0.1) is 6.61 Å². The molecule has 2 atom stereocenters. The van der Waals surface area contributed by atoms with Gasteiger partial charge in [-0.25, -0.2) is 0 Å². The molecule has 0 aromatic heterocycles. The molecule has 0 saturated heterocycles. The smallest absolute Gasteiger partial charge is 0.201 e. The SMILES string of the molecule is CC(O)(C(=O)c1ccccc1)c1ccccc1.CCOCC.COC.O=C(c1ccccc1)C(O)(CO)c1ccccc1. The first kappa shape index (κ1) is 37.0. The summed E-state index contributed by atoms with van der Waals surface area (Å²) in [6, 6.07) is 34.7. The Morgan fingerprint density at radius 3 is 1.26 bits per heavy atom. The van der Waals surface area contributed by atoms with Gasteiger partial charge in [-0.05, 0) is 31.9 Å². The van der Waals surface area contributed by atoms with Gasteiger partial charge in [0, 0.05) is 38.6 Å². The van der Waals surface area contributed by atoms with Crippen LogP contribution in [0.4, 0.5) is 0 Å². The van der Waals surface area contributed by atoms with Crippen molar-refractivity contribution in [2.45, 2.75) is 32.0 Å². The molecule has 0 radical (unpaired) electrons. The third-order valence-electron chi connectivity index (χ3n) is 6.11. The Morgan fingerprint density at radius 1 is 0.605 bits per heavy atom. The maximum absolute atomic E-state index is 12.3. The topological polar surface area (TPSA) is 113 Å². The van der Waals surface area contributed by atoms with Crippen molar-refractivity contribution in [1.82, 2.24) is 0 Å². The maximum Gasteiger partial charge on any atom is 0.201 e. The van der Waals surface area contributed by atoms with Crippen molar-refractivity contribution in [3.63, 3.8) is 0 Å². The van der Waals surface area contributed by atoms with Crippen LogP contribution in [0.15, 0.2) is 121 Å². The van der Waals surface area contributed by atoms with E-state index in [2.05, 4.69) is 4.74 Å². The molecule has 7 heteroatoms. The highest BCUT2D eigenvalue weighted by atomic mass is 16.5. The molecule has 0 aliphatic rings. The van der Waals surface area contributed by atoms with E-state index in [4.69, 9.17) is 4.74 Å². The second-order valence-corrected chi connectivity index (χ2v) is 9.40. The molecule has 7 nitrogen and oxygen atoms in total. The van der Waals surface area contributed by atoms with Crippen LogP contribution in [0, 0.1) is 0 Å². The zero-order valence-corrected chi connectivity index (χ0v) is 25.6. The van der Waals surface area contributed by atoms with Crippen molar-refractivity contribution in [2.75, 3.05) is 34.0 Å². The van der Waals surface area contributed by atoms with E-state index >= 15 is 0 Å². The average Bonchev–Trinajstić information content (AvgIpc) is 3.06. The molecule has 4 rings (SSSR count). The predicted octanol–water partition coefficient (Wildman–Crippen LogP) is 5.83. The Morgan fingerprint density at radius 2 is 0.930 bits per heavy atom. The van der Waals surface area contributed by atoms with Gasteiger partial charge in [-0.2, -0.15) is 0 Å². The summed E-state index contributed by atoms with van der Waals surface area (Å²) in [5.74, 6) is -0.791. The molecule has 43 heavy (non-hydrogen) atoms. The van der Waals surface area contributed by atoms with E-state index in [-0.39, 0.29) is 5.78 Å². The highest BCUT2D eigenvalue weighted by Crippen LogP contribution is 2.26. The first-order chi connectivity index (χ1) is 20.6. The number of hydrogen-bond acceptors (Lipinski definition) is 7. The minimum Gasteiger partial charge on any atom is -0.393 e. The minimum atomic E-state index is -1.89. The molecule has 4 aromatic rings. The van der Waals surface area contributed by atoms with E-state index < -0.39 is 23.6 Å². The summed E-state index contributed by atoms with van der Waals surface area (Å²) in [5, 5.41) is 30.2. The number of rotatable bonds is 9. The van der Waals surface area contributed by atoms with Gasteiger partial charge in [0.1, 0.15) is 5.60 Å². The Kier molecular flexibility index (Phi) is 17.2. The van der Waals surface area contributed by atoms with Crippen molar-refractivity contribution in [1.29, 1.82) is 0 Å². The van der Waals surface area contributed by atoms with Gasteiger partial charge >= 0.3 is 0 Å². The average molecular weight is 589 g/mol. The molecule has 0 saturated carbocycles. The van der Waals surface area contributed by atoms with Gasteiger partial charge in [-0.1, -0.05) is 121 Å². The highest BCUT2D eigenvalue weighted by molar-refractivity contribution is 6.03. The zero-order chi connectivity index (χ0) is 32.1. The van der Waals surface area contributed by atoms with Crippen LogP contribution in [0.5, 0.6) is 0 Å². The summed E-state index contributed by atoms with van der Waals surface area (Å²) in [6.45, 7) is 6.54. The molecule has 0 aliphatic heterocycles. The molecule has 230 valence electrons. The number of Topliss-reactive ketones (excluding diaryl/α,β-unsaturated/α-hetero) is 2. The molecule has 0 amide bonds. The summed E-state index contributed by atoms with van der Waals surface area (Å²) >= 11 is 0. The summed E-state index contributed by atoms with van der Waals surface area (Å²) in [7, 11) is 3.25. The van der Waals surface area contributed by atoms with Crippen LogP contribution in [0.1, 0.15) is 52.6 Å². The molecule has 0 spiro atoms. The van der Waals surface area contributed by atoms with Crippen LogP contribution in [0.2, 0.25) is 0 Å². The predicted molar refractivity (Wildman–Crippen MR) is 170 cm³/mol. The fourth-order valence-corrected chi connectivity index (χ4v) is 3.80. The second-order valence-electron chi connectivity index (χ2n) is 9.40. The van der Waals surface area contributed by atoms with E-state index in [1.807, 2.05) is 38.1 Å². The van der Waals surface area contributed by atoms with Crippen molar-refractivity contribution < 1.29 is 34.4 Å². The number of aliphatic hydroxyl groups excluding tert-OH is 1. The number of carbonyl (C=O) groups is 2. The van der Waals surface area contributed by atoms with Gasteiger partial charge in [0.2, 0.25) is 5.78 Å². The first-order valence-corrected chi connectivity index (χ1v) is 14.0. The van der Waals surface area contributed by atoms with Gasteiger partial charge < -0.3 is 24.8 Å². The number of carbonyl (C=O) groups excluding carboxylic acids is 2. The third kappa shape index (κ3) is 11.7. The zero-order valence-electron chi connectivity index (χ0n) is 25.6. The summed E-state index contributed by atoms with van der Waals surface area (Å²) in [6.07, 6.45) is 0. The lowest BCUT2D eigenvalue weighted by molar-refractivity contribution is -0.00400. The van der Waals surface area contributed by atoms with Gasteiger partial charge in [-0.15, -0.1) is 0 Å². The normalized spacial score (nSPS) is 12.7. The molecule has 2 unspecified atom stereocenters. The molecular weight excluding hydrogens is 544 g/mol. The Hall–Kier alpha value is -3.98. The minimum absolute atomic E-state index is 0.288. The Bertz CT molecular complexity index is 1290. The van der Waals surface area contributed by atoms with Gasteiger partial charge in [0.25, 0.3) is 0 Å². The number of benzene rings is 4. The van der Waals surface area contributed by atoms with Crippen LogP contribution in [-0.4, -0.2) is 60.9 Å². The number of aliphatic hydroxyl groups is 3. The number of ketones is 2. The van der Waals surface area contributed by atoms with Crippen LogP contribution < -0.4 is 0 Å². The quantitative estimate of drug-likeness (QED) is 0.211. The Balaban J connectivity index is 0.000000346. The number of hydrogen-bond donors (Lipinski definition) is 3. The lowest BCUT2D eigenvalue weighted by atomic mass is 9.87. The summed E-state index contributed by atoms with van der Waals surface area (Å²) < 4.78 is 9.08. The fourth-order valence-electron chi connectivity index (χ4n) is 3.80. The van der Waals surface area contributed by atoms with E-state index in [1.165, 1.54) is 6.92 Å². The number of methoxy groups -OCH3 is 1. The maximum atomic E-state index is 12.3. The van der Waals surface area contributed by atoms with Crippen molar-refractivity contribution in [2.24, 2.45) is 0 Å². The molecule has 0 bridgehead atoms. The van der Waals surface area contributed by atoms with E-state index in [1.54, 1.807) is 111 Å². The highest BCUT2D eigenvalue weighted by Gasteiger charge is 2.37. The molecule has 0 fully saturated rings. The lowest BCUT2D eigenvalue weighted by Gasteiger charge is -2.24.